The topological polar surface area (TPSA) is 57.4 Å². The summed E-state index contributed by atoms with van der Waals surface area (Å²) in [5.74, 6) is 0.906. The van der Waals surface area contributed by atoms with Crippen molar-refractivity contribution in [2.45, 2.75) is 25.7 Å². The van der Waals surface area contributed by atoms with Crippen LogP contribution in [0.15, 0.2) is 42.6 Å². The zero-order valence-electron chi connectivity index (χ0n) is 16.8. The van der Waals surface area contributed by atoms with Crippen LogP contribution in [-0.2, 0) is 4.79 Å². The van der Waals surface area contributed by atoms with E-state index in [1.54, 1.807) is 26.2 Å². The molecule has 152 valence electrons. The molecule has 2 aromatic carbocycles. The van der Waals surface area contributed by atoms with Gasteiger partial charge in [0.1, 0.15) is 11.6 Å². The van der Waals surface area contributed by atoms with E-state index in [0.29, 0.717) is 23.7 Å². The van der Waals surface area contributed by atoms with Crippen LogP contribution in [0.4, 0.5) is 10.1 Å². The predicted octanol–water partition coefficient (Wildman–Crippen LogP) is 4.44. The van der Waals surface area contributed by atoms with Gasteiger partial charge in [-0.15, -0.1) is 0 Å². The summed E-state index contributed by atoms with van der Waals surface area (Å²) in [6.07, 6.45) is 4.09. The van der Waals surface area contributed by atoms with Crippen LogP contribution in [0.5, 0.6) is 5.75 Å². The summed E-state index contributed by atoms with van der Waals surface area (Å²) in [5, 5.41) is 4.00. The number of aryl methyl sites for hydroxylation is 1. The first kappa shape index (κ1) is 19.5. The Balaban J connectivity index is 1.34. The van der Waals surface area contributed by atoms with Crippen LogP contribution >= 0.6 is 0 Å². The molecule has 0 unspecified atom stereocenters. The number of anilines is 1. The fourth-order valence-corrected chi connectivity index (χ4v) is 4.06. The second kappa shape index (κ2) is 8.25. The largest absolute Gasteiger partial charge is 0.497 e. The number of fused-ring (bicyclic) bond motifs is 1. The molecule has 0 bridgehead atoms. The van der Waals surface area contributed by atoms with Gasteiger partial charge in [0.2, 0.25) is 5.91 Å². The molecule has 3 aromatic rings. The SMILES string of the molecule is COc1ccc2[nH]cc(C3CCN(CC(=O)Nc4ccc(C)c(F)c4)CC3)c2c1. The monoisotopic (exact) mass is 395 g/mol. The Morgan fingerprint density at radius 3 is 2.76 bits per heavy atom. The molecular weight excluding hydrogens is 369 g/mol. The number of hydrogen-bond acceptors (Lipinski definition) is 3. The molecule has 1 fully saturated rings. The van der Waals surface area contributed by atoms with Crippen molar-refractivity contribution >= 4 is 22.5 Å². The highest BCUT2D eigenvalue weighted by Gasteiger charge is 2.24. The number of hydrogen-bond donors (Lipinski definition) is 2. The van der Waals surface area contributed by atoms with Crippen LogP contribution < -0.4 is 10.1 Å². The number of piperidine rings is 1. The van der Waals surface area contributed by atoms with Crippen LogP contribution in [0.1, 0.15) is 29.9 Å². The first-order valence-corrected chi connectivity index (χ1v) is 9.97. The van der Waals surface area contributed by atoms with Crippen LogP contribution in [0.3, 0.4) is 0 Å². The minimum Gasteiger partial charge on any atom is -0.497 e. The minimum atomic E-state index is -0.307. The highest BCUT2D eigenvalue weighted by molar-refractivity contribution is 5.92. The van der Waals surface area contributed by atoms with E-state index in [1.807, 2.05) is 12.1 Å². The third kappa shape index (κ3) is 4.27. The smallest absolute Gasteiger partial charge is 0.238 e. The van der Waals surface area contributed by atoms with E-state index >= 15 is 0 Å². The molecule has 1 aliphatic heterocycles. The summed E-state index contributed by atoms with van der Waals surface area (Å²) in [5.41, 5.74) is 3.51. The maximum Gasteiger partial charge on any atom is 0.238 e. The van der Waals surface area contributed by atoms with Gasteiger partial charge in [-0.1, -0.05) is 6.07 Å². The normalized spacial score (nSPS) is 15.6. The van der Waals surface area contributed by atoms with Crippen molar-refractivity contribution in [3.05, 3.63) is 59.5 Å². The summed E-state index contributed by atoms with van der Waals surface area (Å²) >= 11 is 0. The van der Waals surface area contributed by atoms with Crippen LogP contribution in [-0.4, -0.2) is 42.5 Å². The Kier molecular flexibility index (Phi) is 5.53. The van der Waals surface area contributed by atoms with Gasteiger partial charge in [-0.3, -0.25) is 9.69 Å². The van der Waals surface area contributed by atoms with Crippen LogP contribution in [0.25, 0.3) is 10.9 Å². The van der Waals surface area contributed by atoms with Crippen molar-refractivity contribution < 1.29 is 13.9 Å². The average molecular weight is 395 g/mol. The number of carbonyl (C=O) groups is 1. The number of H-pyrrole nitrogens is 1. The maximum absolute atomic E-state index is 13.7. The van der Waals surface area contributed by atoms with Gasteiger partial charge >= 0.3 is 0 Å². The number of aromatic nitrogens is 1. The number of aromatic amines is 1. The summed E-state index contributed by atoms with van der Waals surface area (Å²) in [6.45, 7) is 3.74. The molecule has 4 rings (SSSR count). The van der Waals surface area contributed by atoms with Gasteiger partial charge in [0.15, 0.2) is 0 Å². The Morgan fingerprint density at radius 2 is 2.03 bits per heavy atom. The third-order valence-electron chi connectivity index (χ3n) is 5.77. The van der Waals surface area contributed by atoms with E-state index in [4.69, 9.17) is 4.74 Å². The van der Waals surface area contributed by atoms with E-state index in [0.717, 1.165) is 37.2 Å². The standard InChI is InChI=1S/C23H26FN3O2/c1-15-3-4-17(11-21(15)24)26-23(28)14-27-9-7-16(8-10-27)20-13-25-22-6-5-18(29-2)12-19(20)22/h3-6,11-13,16,25H,7-10,14H2,1-2H3,(H,26,28). The van der Waals surface area contributed by atoms with E-state index < -0.39 is 0 Å². The number of halogens is 1. The van der Waals surface area contributed by atoms with Crippen molar-refractivity contribution in [3.8, 4) is 5.75 Å². The molecule has 29 heavy (non-hydrogen) atoms. The zero-order chi connectivity index (χ0) is 20.4. The number of methoxy groups -OCH3 is 1. The lowest BCUT2D eigenvalue weighted by atomic mass is 9.89. The van der Waals surface area contributed by atoms with Gasteiger partial charge in [0.05, 0.1) is 13.7 Å². The van der Waals surface area contributed by atoms with Gasteiger partial charge in [0, 0.05) is 22.8 Å². The number of nitrogens with one attached hydrogen (secondary N) is 2. The number of carbonyl (C=O) groups excluding carboxylic acids is 1. The van der Waals surface area contributed by atoms with Gasteiger partial charge in [-0.2, -0.15) is 0 Å². The lowest BCUT2D eigenvalue weighted by Gasteiger charge is -2.31. The van der Waals surface area contributed by atoms with Crippen LogP contribution in [0, 0.1) is 12.7 Å². The molecule has 0 radical (unpaired) electrons. The molecule has 1 saturated heterocycles. The van der Waals surface area contributed by atoms with Crippen molar-refractivity contribution in [1.82, 2.24) is 9.88 Å². The molecule has 1 aromatic heterocycles. The van der Waals surface area contributed by atoms with Gasteiger partial charge < -0.3 is 15.0 Å². The predicted molar refractivity (Wildman–Crippen MR) is 113 cm³/mol. The molecule has 0 atom stereocenters. The van der Waals surface area contributed by atoms with Crippen molar-refractivity contribution in [3.63, 3.8) is 0 Å². The molecule has 1 amide bonds. The third-order valence-corrected chi connectivity index (χ3v) is 5.77. The van der Waals surface area contributed by atoms with E-state index in [1.165, 1.54) is 17.0 Å². The summed E-state index contributed by atoms with van der Waals surface area (Å²) < 4.78 is 19.0. The van der Waals surface area contributed by atoms with Crippen molar-refractivity contribution in [2.75, 3.05) is 32.1 Å². The zero-order valence-corrected chi connectivity index (χ0v) is 16.8. The summed E-state index contributed by atoms with van der Waals surface area (Å²) in [7, 11) is 1.68. The molecule has 6 heteroatoms. The quantitative estimate of drug-likeness (QED) is 0.671. The lowest BCUT2D eigenvalue weighted by Crippen LogP contribution is -2.38. The summed E-state index contributed by atoms with van der Waals surface area (Å²) in [4.78, 5) is 17.8. The first-order valence-electron chi connectivity index (χ1n) is 9.97. The highest BCUT2D eigenvalue weighted by Crippen LogP contribution is 2.34. The number of rotatable bonds is 5. The van der Waals surface area contributed by atoms with Crippen LogP contribution in [0.2, 0.25) is 0 Å². The van der Waals surface area contributed by atoms with Gasteiger partial charge in [0.25, 0.3) is 0 Å². The second-order valence-corrected chi connectivity index (χ2v) is 7.72. The number of likely N-dealkylation sites (tertiary alicyclic amines) is 1. The number of benzene rings is 2. The lowest BCUT2D eigenvalue weighted by molar-refractivity contribution is -0.117. The number of nitrogens with zero attached hydrogens (tertiary/aromatic N) is 1. The van der Waals surface area contributed by atoms with Crippen molar-refractivity contribution in [2.24, 2.45) is 0 Å². The molecule has 5 nitrogen and oxygen atoms in total. The van der Waals surface area contributed by atoms with Gasteiger partial charge in [-0.05, 0) is 80.2 Å². The number of ether oxygens (including phenoxy) is 1. The second-order valence-electron chi connectivity index (χ2n) is 7.72. The Labute approximate surface area is 169 Å². The first-order chi connectivity index (χ1) is 14.0. The molecule has 1 aliphatic rings. The Bertz CT molecular complexity index is 1020. The minimum absolute atomic E-state index is 0.108. The summed E-state index contributed by atoms with van der Waals surface area (Å²) in [6, 6.07) is 10.9. The van der Waals surface area contributed by atoms with E-state index in [2.05, 4.69) is 27.5 Å². The molecule has 0 spiro atoms. The molecule has 0 saturated carbocycles. The van der Waals surface area contributed by atoms with Gasteiger partial charge in [-0.25, -0.2) is 4.39 Å². The van der Waals surface area contributed by atoms with E-state index in [-0.39, 0.29) is 11.7 Å². The molecule has 2 heterocycles. The molecular formula is C23H26FN3O2. The molecule has 2 N–H and O–H groups in total. The maximum atomic E-state index is 13.7. The van der Waals surface area contributed by atoms with Crippen molar-refractivity contribution in [1.29, 1.82) is 0 Å². The highest BCUT2D eigenvalue weighted by atomic mass is 19.1. The number of amides is 1. The van der Waals surface area contributed by atoms with E-state index in [9.17, 15) is 9.18 Å². The Morgan fingerprint density at radius 1 is 1.24 bits per heavy atom. The fraction of sp³-hybridized carbons (Fsp3) is 0.348. The average Bonchev–Trinajstić information content (AvgIpc) is 3.14. The molecule has 0 aliphatic carbocycles. The Hall–Kier alpha value is -2.86. The fourth-order valence-electron chi connectivity index (χ4n) is 4.06.